The Morgan fingerprint density at radius 3 is 1.93 bits per heavy atom. The van der Waals surface area contributed by atoms with Crippen LogP contribution < -0.4 is 25.8 Å². The summed E-state index contributed by atoms with van der Waals surface area (Å²) in [7, 11) is 0. The molecule has 0 radical (unpaired) electrons. The van der Waals surface area contributed by atoms with E-state index in [-0.39, 0.29) is 87.4 Å². The molecular formula is C23H33N15O7S. The van der Waals surface area contributed by atoms with Crippen LogP contribution in [0.1, 0.15) is 5.82 Å². The van der Waals surface area contributed by atoms with Crippen molar-refractivity contribution < 1.29 is 34.0 Å². The van der Waals surface area contributed by atoms with Gasteiger partial charge in [-0.1, -0.05) is 17.0 Å². The number of hydrogen-bond acceptors (Lipinski definition) is 20. The number of hydrogen-bond donors (Lipinski definition) is 8. The van der Waals surface area contributed by atoms with Gasteiger partial charge in [0.15, 0.2) is 0 Å². The molecule has 0 fully saturated rings. The first-order valence-corrected chi connectivity index (χ1v) is 14.4. The van der Waals surface area contributed by atoms with Crippen molar-refractivity contribution in [1.82, 2.24) is 29.9 Å². The SMILES string of the molecule is C=C(Nc1nc(Nc2cccc(Nc3nc(C)nc(N(CCO)CCO)n3)c2)nc(N(CCO)CCO)n1)S(=O)OO/N=N/N=N. The Bertz CT molecular complexity index is 1490. The molecule has 0 saturated heterocycles. The third kappa shape index (κ3) is 11.1. The molecule has 0 bridgehead atoms. The van der Waals surface area contributed by atoms with Crippen LogP contribution in [0, 0.1) is 12.5 Å². The largest absolute Gasteiger partial charge is 0.395 e. The van der Waals surface area contributed by atoms with Gasteiger partial charge in [0.05, 0.1) is 31.7 Å². The topological polar surface area (TPSA) is 297 Å². The van der Waals surface area contributed by atoms with Crippen LogP contribution in [0.25, 0.3) is 0 Å². The zero-order valence-corrected chi connectivity index (χ0v) is 25.3. The van der Waals surface area contributed by atoms with Crippen LogP contribution in [0.4, 0.5) is 41.1 Å². The number of nitrogens with one attached hydrogen (secondary N) is 4. The maximum Gasteiger partial charge on any atom is 0.250 e. The normalized spacial score (nSPS) is 11.6. The first kappa shape index (κ1) is 35.4. The Kier molecular flexibility index (Phi) is 14.4. The van der Waals surface area contributed by atoms with Crippen LogP contribution >= 0.6 is 0 Å². The lowest BCUT2D eigenvalue weighted by Crippen LogP contribution is -2.32. The lowest BCUT2D eigenvalue weighted by Gasteiger charge is -2.21. The molecule has 46 heavy (non-hydrogen) atoms. The van der Waals surface area contributed by atoms with Gasteiger partial charge in [-0.2, -0.15) is 40.4 Å². The van der Waals surface area contributed by atoms with E-state index in [0.717, 1.165) is 0 Å². The summed E-state index contributed by atoms with van der Waals surface area (Å²) in [6.45, 7) is 5.06. The Hall–Kier alpha value is -5.07. The minimum absolute atomic E-state index is 0.0223. The van der Waals surface area contributed by atoms with Crippen molar-refractivity contribution in [2.45, 2.75) is 6.92 Å². The molecule has 8 N–H and O–H groups in total. The quantitative estimate of drug-likeness (QED) is 0.0430. The maximum atomic E-state index is 12.3. The van der Waals surface area contributed by atoms with Crippen molar-refractivity contribution in [2.24, 2.45) is 15.7 Å². The van der Waals surface area contributed by atoms with E-state index in [0.29, 0.717) is 17.2 Å². The van der Waals surface area contributed by atoms with Crippen LogP contribution in [-0.4, -0.2) is 107 Å². The molecule has 2 heterocycles. The summed E-state index contributed by atoms with van der Waals surface area (Å²) in [5.41, 5.74) is 7.57. The molecule has 0 aliphatic rings. The number of benzene rings is 1. The summed E-state index contributed by atoms with van der Waals surface area (Å²) in [5.74, 6) is 0.884. The highest BCUT2D eigenvalue weighted by Gasteiger charge is 2.17. The van der Waals surface area contributed by atoms with Crippen molar-refractivity contribution in [1.29, 1.82) is 5.53 Å². The number of aromatic nitrogens is 6. The van der Waals surface area contributed by atoms with E-state index in [1.54, 1.807) is 36.1 Å². The van der Waals surface area contributed by atoms with Crippen molar-refractivity contribution in [3.8, 4) is 0 Å². The second-order valence-electron chi connectivity index (χ2n) is 8.68. The molecule has 1 aromatic carbocycles. The van der Waals surface area contributed by atoms with Crippen LogP contribution in [0.3, 0.4) is 0 Å². The highest BCUT2D eigenvalue weighted by Crippen LogP contribution is 2.23. The van der Waals surface area contributed by atoms with Gasteiger partial charge in [0.25, 0.3) is 11.1 Å². The minimum Gasteiger partial charge on any atom is -0.395 e. The fraction of sp³-hybridized carbons (Fsp3) is 0.391. The molecule has 2 aromatic heterocycles. The molecule has 0 amide bonds. The maximum absolute atomic E-state index is 12.3. The number of rotatable bonds is 21. The Morgan fingerprint density at radius 2 is 1.39 bits per heavy atom. The number of anilines is 7. The summed E-state index contributed by atoms with van der Waals surface area (Å²) in [6.07, 6.45) is 0. The van der Waals surface area contributed by atoms with Gasteiger partial charge >= 0.3 is 0 Å². The van der Waals surface area contributed by atoms with E-state index in [1.807, 2.05) is 0 Å². The van der Waals surface area contributed by atoms with Gasteiger partial charge in [-0.05, 0) is 30.3 Å². The van der Waals surface area contributed by atoms with E-state index in [2.05, 4.69) is 77.5 Å². The molecule has 1 atom stereocenters. The molecule has 22 nitrogen and oxygen atoms in total. The fourth-order valence-corrected chi connectivity index (χ4v) is 3.94. The standard InChI is InChI=1S/C23H33N15O7S/c1-15-25-19(31-22(26-15)37(6-10-39)7-11-40)28-17-4-3-5-18(14-17)29-21-30-20(27-16(2)46(43)45-44-36-35-34-24)32-23(33-21)38(8-12-41)9-13-42/h3-5,14,24,39-42H,2,6-13H2,1H3,(H,25,26,28,31)(H2,27,29,30,32,33)/b34-24?,36-35+. The third-order valence-electron chi connectivity index (χ3n) is 5.44. The first-order valence-electron chi connectivity index (χ1n) is 13.3. The van der Waals surface area contributed by atoms with Gasteiger partial charge in [0.1, 0.15) is 10.9 Å². The van der Waals surface area contributed by atoms with Gasteiger partial charge in [-0.15, -0.1) is 0 Å². The number of aryl methyl sites for hydroxylation is 1. The Morgan fingerprint density at radius 1 is 0.870 bits per heavy atom. The lowest BCUT2D eigenvalue weighted by atomic mass is 10.3. The highest BCUT2D eigenvalue weighted by molar-refractivity contribution is 7.84. The molecule has 0 aliphatic carbocycles. The number of aliphatic hydroxyl groups is 4. The van der Waals surface area contributed by atoms with Crippen molar-refractivity contribution >= 4 is 52.2 Å². The monoisotopic (exact) mass is 663 g/mol. The van der Waals surface area contributed by atoms with Crippen LogP contribution in [0.15, 0.2) is 51.6 Å². The van der Waals surface area contributed by atoms with Crippen LogP contribution in [0.5, 0.6) is 0 Å². The average Bonchev–Trinajstić information content (AvgIpc) is 3.02. The van der Waals surface area contributed by atoms with Crippen molar-refractivity contribution in [2.75, 3.05) is 78.4 Å². The van der Waals surface area contributed by atoms with E-state index < -0.39 is 11.1 Å². The minimum atomic E-state index is -2.32. The third-order valence-corrected chi connectivity index (χ3v) is 6.13. The summed E-state index contributed by atoms with van der Waals surface area (Å²) in [5, 5.41) is 54.6. The smallest absolute Gasteiger partial charge is 0.250 e. The van der Waals surface area contributed by atoms with Gasteiger partial charge < -0.3 is 46.2 Å². The number of nitrogens with zero attached hydrogens (tertiary/aromatic N) is 11. The highest BCUT2D eigenvalue weighted by atomic mass is 32.2. The zero-order valence-electron chi connectivity index (χ0n) is 24.5. The molecule has 3 rings (SSSR count). The van der Waals surface area contributed by atoms with Crippen LogP contribution in [0.2, 0.25) is 0 Å². The zero-order chi connectivity index (χ0) is 33.3. The summed E-state index contributed by atoms with van der Waals surface area (Å²) in [6, 6.07) is 6.94. The van der Waals surface area contributed by atoms with Gasteiger partial charge in [-0.3, -0.25) is 0 Å². The molecule has 23 heteroatoms. The van der Waals surface area contributed by atoms with Crippen molar-refractivity contribution in [3.05, 3.63) is 41.7 Å². The molecule has 3 aromatic rings. The Balaban J connectivity index is 1.86. The van der Waals surface area contributed by atoms with E-state index >= 15 is 0 Å². The van der Waals surface area contributed by atoms with E-state index in [9.17, 15) is 24.6 Å². The first-order chi connectivity index (χ1) is 22.3. The molecular weight excluding hydrogens is 630 g/mol. The Labute approximate surface area is 264 Å². The lowest BCUT2D eigenvalue weighted by molar-refractivity contribution is -0.205. The molecule has 248 valence electrons. The second-order valence-corrected chi connectivity index (χ2v) is 9.78. The summed E-state index contributed by atoms with van der Waals surface area (Å²) in [4.78, 5) is 33.3. The molecule has 0 saturated carbocycles. The van der Waals surface area contributed by atoms with Gasteiger partial charge in [0, 0.05) is 42.8 Å². The van der Waals surface area contributed by atoms with E-state index in [1.165, 1.54) is 4.90 Å². The summed E-state index contributed by atoms with van der Waals surface area (Å²) >= 11 is -2.32. The number of aliphatic hydroxyl groups excluding tert-OH is 4. The molecule has 0 aliphatic heterocycles. The average molecular weight is 664 g/mol. The van der Waals surface area contributed by atoms with Crippen molar-refractivity contribution in [3.63, 3.8) is 0 Å². The van der Waals surface area contributed by atoms with Gasteiger partial charge in [0.2, 0.25) is 29.7 Å². The predicted molar refractivity (Wildman–Crippen MR) is 163 cm³/mol. The summed E-state index contributed by atoms with van der Waals surface area (Å²) < 4.78 is 16.7. The fourth-order valence-electron chi connectivity index (χ4n) is 3.60. The molecule has 0 spiro atoms. The molecule has 1 unspecified atom stereocenters. The second kappa shape index (κ2) is 18.7. The van der Waals surface area contributed by atoms with Gasteiger partial charge in [-0.25, -0.2) is 4.21 Å². The van der Waals surface area contributed by atoms with Crippen LogP contribution in [-0.2, 0) is 20.4 Å². The predicted octanol–water partition coefficient (Wildman–Crippen LogP) is 0.242. The van der Waals surface area contributed by atoms with E-state index in [4.69, 9.17) is 5.53 Å².